The predicted octanol–water partition coefficient (Wildman–Crippen LogP) is 5.82. The van der Waals surface area contributed by atoms with Crippen LogP contribution in [0.3, 0.4) is 0 Å². The number of nitrogens with zero attached hydrogens (tertiary/aromatic N) is 5. The van der Waals surface area contributed by atoms with Gasteiger partial charge in [-0.1, -0.05) is 41.9 Å². The number of thioether (sulfide) groups is 1. The summed E-state index contributed by atoms with van der Waals surface area (Å²) in [6, 6.07) is 11.3. The van der Waals surface area contributed by atoms with Crippen LogP contribution in [0.2, 0.25) is 5.02 Å². The van der Waals surface area contributed by atoms with E-state index in [1.54, 1.807) is 6.26 Å². The fourth-order valence-corrected chi connectivity index (χ4v) is 3.97. The first-order chi connectivity index (χ1) is 14.6. The van der Waals surface area contributed by atoms with Crippen molar-refractivity contribution in [1.29, 1.82) is 0 Å². The molecule has 0 aliphatic rings. The standard InChI is InChI=1S/C21H22ClN5O2S/c1-3-4-7-18-23-20(29-26-18)14(2)30-21-25-24-19(15-8-10-16(22)11-9-15)27(21)13-17-6-5-12-28-17/h5-6,8-12,14H,3-4,7,13H2,1-2H3. The van der Waals surface area contributed by atoms with Gasteiger partial charge >= 0.3 is 0 Å². The minimum atomic E-state index is -0.0644. The second kappa shape index (κ2) is 9.49. The molecule has 0 bridgehead atoms. The van der Waals surface area contributed by atoms with Gasteiger partial charge in [-0.05, 0) is 49.7 Å². The monoisotopic (exact) mass is 443 g/mol. The van der Waals surface area contributed by atoms with Gasteiger partial charge in [0.25, 0.3) is 0 Å². The van der Waals surface area contributed by atoms with Gasteiger partial charge < -0.3 is 8.94 Å². The van der Waals surface area contributed by atoms with Crippen LogP contribution in [0.15, 0.2) is 56.8 Å². The molecule has 1 atom stereocenters. The van der Waals surface area contributed by atoms with Crippen molar-refractivity contribution in [3.8, 4) is 11.4 Å². The van der Waals surface area contributed by atoms with Crippen molar-refractivity contribution in [2.45, 2.75) is 50.1 Å². The molecule has 1 unspecified atom stereocenters. The Kier molecular flexibility index (Phi) is 6.54. The molecule has 156 valence electrons. The molecule has 0 radical (unpaired) electrons. The van der Waals surface area contributed by atoms with Crippen molar-refractivity contribution in [3.05, 3.63) is 65.2 Å². The number of halogens is 1. The molecule has 4 aromatic rings. The average Bonchev–Trinajstić information content (AvgIpc) is 3.50. The summed E-state index contributed by atoms with van der Waals surface area (Å²) in [5.41, 5.74) is 0.928. The summed E-state index contributed by atoms with van der Waals surface area (Å²) in [7, 11) is 0. The second-order valence-electron chi connectivity index (χ2n) is 6.89. The van der Waals surface area contributed by atoms with Crippen molar-refractivity contribution in [3.63, 3.8) is 0 Å². The Morgan fingerprint density at radius 3 is 2.73 bits per heavy atom. The lowest BCUT2D eigenvalue weighted by molar-refractivity contribution is 0.374. The molecule has 0 N–H and O–H groups in total. The summed E-state index contributed by atoms with van der Waals surface area (Å²) >= 11 is 7.57. The Labute approximate surface area is 183 Å². The van der Waals surface area contributed by atoms with Crippen LogP contribution in [-0.2, 0) is 13.0 Å². The maximum atomic E-state index is 6.04. The highest BCUT2D eigenvalue weighted by Gasteiger charge is 2.22. The highest BCUT2D eigenvalue weighted by atomic mass is 35.5. The summed E-state index contributed by atoms with van der Waals surface area (Å²) < 4.78 is 13.1. The number of furan rings is 1. The van der Waals surface area contributed by atoms with Crippen LogP contribution in [0, 0.1) is 0 Å². The predicted molar refractivity (Wildman–Crippen MR) is 115 cm³/mol. The van der Waals surface area contributed by atoms with E-state index in [9.17, 15) is 0 Å². The lowest BCUT2D eigenvalue weighted by atomic mass is 10.2. The van der Waals surface area contributed by atoms with E-state index in [1.165, 1.54) is 11.8 Å². The second-order valence-corrected chi connectivity index (χ2v) is 8.64. The van der Waals surface area contributed by atoms with E-state index in [2.05, 4.69) is 27.3 Å². The van der Waals surface area contributed by atoms with E-state index in [1.807, 2.05) is 47.9 Å². The van der Waals surface area contributed by atoms with E-state index in [0.717, 1.165) is 47.4 Å². The summed E-state index contributed by atoms with van der Waals surface area (Å²) in [5, 5.41) is 14.3. The van der Waals surface area contributed by atoms with E-state index in [0.29, 0.717) is 17.5 Å². The summed E-state index contributed by atoms with van der Waals surface area (Å²) in [4.78, 5) is 4.53. The van der Waals surface area contributed by atoms with Gasteiger partial charge in [0.2, 0.25) is 5.89 Å². The summed E-state index contributed by atoms with van der Waals surface area (Å²) in [6.45, 7) is 4.68. The Morgan fingerprint density at radius 1 is 1.17 bits per heavy atom. The summed E-state index contributed by atoms with van der Waals surface area (Å²) in [5.74, 6) is 2.90. The molecule has 1 aromatic carbocycles. The van der Waals surface area contributed by atoms with E-state index >= 15 is 0 Å². The molecule has 7 nitrogen and oxygen atoms in total. The van der Waals surface area contributed by atoms with Gasteiger partial charge in [0.05, 0.1) is 18.1 Å². The van der Waals surface area contributed by atoms with Crippen molar-refractivity contribution >= 4 is 23.4 Å². The van der Waals surface area contributed by atoms with Gasteiger partial charge in [-0.3, -0.25) is 4.57 Å². The zero-order valence-electron chi connectivity index (χ0n) is 16.8. The molecule has 0 amide bonds. The van der Waals surface area contributed by atoms with Crippen LogP contribution >= 0.6 is 23.4 Å². The maximum Gasteiger partial charge on any atom is 0.239 e. The number of aryl methyl sites for hydroxylation is 1. The Balaban J connectivity index is 1.60. The Hall–Kier alpha value is -2.58. The molecule has 0 fully saturated rings. The molecular weight excluding hydrogens is 422 g/mol. The fourth-order valence-electron chi connectivity index (χ4n) is 2.97. The zero-order valence-corrected chi connectivity index (χ0v) is 18.4. The van der Waals surface area contributed by atoms with E-state index in [4.69, 9.17) is 20.5 Å². The zero-order chi connectivity index (χ0) is 20.9. The first kappa shape index (κ1) is 20.7. The molecular formula is C21H22ClN5O2S. The molecule has 3 aromatic heterocycles. The lowest BCUT2D eigenvalue weighted by Crippen LogP contribution is -2.04. The smallest absolute Gasteiger partial charge is 0.239 e. The van der Waals surface area contributed by atoms with Gasteiger partial charge in [-0.25, -0.2) is 0 Å². The minimum Gasteiger partial charge on any atom is -0.467 e. The molecule has 0 aliphatic carbocycles. The number of hydrogen-bond donors (Lipinski definition) is 0. The highest BCUT2D eigenvalue weighted by Crippen LogP contribution is 2.35. The van der Waals surface area contributed by atoms with Crippen LogP contribution in [-0.4, -0.2) is 24.9 Å². The third-order valence-corrected chi connectivity index (χ3v) is 5.90. The topological polar surface area (TPSA) is 82.8 Å². The maximum absolute atomic E-state index is 6.04. The molecule has 0 saturated heterocycles. The molecule has 4 rings (SSSR count). The first-order valence-electron chi connectivity index (χ1n) is 9.84. The van der Waals surface area contributed by atoms with Gasteiger partial charge in [0.15, 0.2) is 16.8 Å². The SMILES string of the molecule is CCCCc1noc(C(C)Sc2nnc(-c3ccc(Cl)cc3)n2Cc2ccco2)n1. The normalized spacial score (nSPS) is 12.4. The number of benzene rings is 1. The van der Waals surface area contributed by atoms with Crippen molar-refractivity contribution in [2.24, 2.45) is 0 Å². The Morgan fingerprint density at radius 2 is 2.00 bits per heavy atom. The molecule has 9 heteroatoms. The highest BCUT2D eigenvalue weighted by molar-refractivity contribution is 7.99. The van der Waals surface area contributed by atoms with Crippen LogP contribution in [0.4, 0.5) is 0 Å². The quantitative estimate of drug-likeness (QED) is 0.301. The molecule has 30 heavy (non-hydrogen) atoms. The van der Waals surface area contributed by atoms with Crippen molar-refractivity contribution in [1.82, 2.24) is 24.9 Å². The first-order valence-corrected chi connectivity index (χ1v) is 11.1. The van der Waals surface area contributed by atoms with Crippen LogP contribution < -0.4 is 0 Å². The van der Waals surface area contributed by atoms with Crippen LogP contribution in [0.1, 0.15) is 49.4 Å². The minimum absolute atomic E-state index is 0.0644. The Bertz CT molecular complexity index is 1080. The molecule has 3 heterocycles. The number of rotatable bonds is 9. The molecule has 0 saturated carbocycles. The van der Waals surface area contributed by atoms with Gasteiger partial charge in [0.1, 0.15) is 5.76 Å². The van der Waals surface area contributed by atoms with Crippen LogP contribution in [0.25, 0.3) is 11.4 Å². The fraction of sp³-hybridized carbons (Fsp3) is 0.333. The molecule has 0 aliphatic heterocycles. The van der Waals surface area contributed by atoms with Crippen LogP contribution in [0.5, 0.6) is 0 Å². The van der Waals surface area contributed by atoms with E-state index in [-0.39, 0.29) is 5.25 Å². The number of unbranched alkanes of at least 4 members (excludes halogenated alkanes) is 1. The van der Waals surface area contributed by atoms with E-state index < -0.39 is 0 Å². The van der Waals surface area contributed by atoms with Gasteiger partial charge in [0, 0.05) is 17.0 Å². The summed E-state index contributed by atoms with van der Waals surface area (Å²) in [6.07, 6.45) is 4.63. The van der Waals surface area contributed by atoms with Crippen molar-refractivity contribution in [2.75, 3.05) is 0 Å². The number of hydrogen-bond acceptors (Lipinski definition) is 7. The third kappa shape index (κ3) is 4.76. The van der Waals surface area contributed by atoms with Crippen molar-refractivity contribution < 1.29 is 8.94 Å². The molecule has 0 spiro atoms. The van der Waals surface area contributed by atoms with Gasteiger partial charge in [-0.15, -0.1) is 10.2 Å². The number of aromatic nitrogens is 5. The average molecular weight is 444 g/mol. The van der Waals surface area contributed by atoms with Gasteiger partial charge in [-0.2, -0.15) is 4.98 Å². The lowest BCUT2D eigenvalue weighted by Gasteiger charge is -2.10. The largest absolute Gasteiger partial charge is 0.467 e. The third-order valence-electron chi connectivity index (χ3n) is 4.58.